The summed E-state index contributed by atoms with van der Waals surface area (Å²) in [6.45, 7) is 1.86. The van der Waals surface area contributed by atoms with E-state index in [1.165, 1.54) is 0 Å². The van der Waals surface area contributed by atoms with E-state index in [-0.39, 0.29) is 42.9 Å². The number of carbonyl (C=O) groups is 2. The third-order valence-corrected chi connectivity index (χ3v) is 7.86. The Labute approximate surface area is 190 Å². The van der Waals surface area contributed by atoms with Crippen molar-refractivity contribution in [2.24, 2.45) is 22.4 Å². The Bertz CT molecular complexity index is 834. The number of rotatable bonds is 9. The maximum Gasteiger partial charge on any atom is 0.308 e. The van der Waals surface area contributed by atoms with Gasteiger partial charge in [0.25, 0.3) is 0 Å². The molecule has 0 saturated heterocycles. The minimum Gasteiger partial charge on any atom is -0.466 e. The van der Waals surface area contributed by atoms with E-state index in [1.54, 1.807) is 6.92 Å². The maximum absolute atomic E-state index is 12.9. The third-order valence-electron chi connectivity index (χ3n) is 5.94. The molecule has 2 fully saturated rings. The average Bonchev–Trinajstić information content (AvgIpc) is 2.73. The third kappa shape index (κ3) is 7.98. The number of hydrogen-bond donors (Lipinski definition) is 4. The van der Waals surface area contributed by atoms with Crippen molar-refractivity contribution in [2.45, 2.75) is 88.1 Å². The molecule has 180 valence electrons. The summed E-state index contributed by atoms with van der Waals surface area (Å²) in [5, 5.41) is 2.33. The molecule has 0 aromatic rings. The lowest BCUT2D eigenvalue weighted by Crippen LogP contribution is -2.48. The van der Waals surface area contributed by atoms with Crippen molar-refractivity contribution >= 4 is 27.9 Å². The number of nitrogens with two attached hydrogens (primary N) is 2. The second-order valence-corrected chi connectivity index (χ2v) is 10.4. The molecule has 6 N–H and O–H groups in total. The van der Waals surface area contributed by atoms with E-state index in [0.717, 1.165) is 19.3 Å². The van der Waals surface area contributed by atoms with Crippen LogP contribution >= 0.6 is 0 Å². The number of nitrogens with one attached hydrogen (secondary N) is 2. The maximum atomic E-state index is 12.9. The second kappa shape index (κ2) is 12.1. The van der Waals surface area contributed by atoms with Gasteiger partial charge in [0.2, 0.25) is 15.9 Å². The molecule has 0 aliphatic heterocycles. The summed E-state index contributed by atoms with van der Waals surface area (Å²) < 4.78 is 33.0. The normalized spacial score (nSPS) is 26.9. The molecule has 2 saturated carbocycles. The molecule has 0 aromatic heterocycles. The van der Waals surface area contributed by atoms with Crippen LogP contribution in [0.25, 0.3) is 0 Å². The molecular weight excluding hydrogens is 434 g/mol. The number of nitrogens with zero attached hydrogens (tertiary/aromatic N) is 1. The lowest BCUT2D eigenvalue weighted by Gasteiger charge is -2.32. The standard InChI is InChI=1S/C21H35N5O5S/c1-3-15(13-19(27)31-4-2)26-32(29,30)18-10-6-9-17(12-18)24-20(28)14-7-5-8-16(11-14)25-21(22)23/h1,14-18,26H,4-13H2,2H3,(H,24,28)(H4,22,23,25)/t14?,15-,16?,17?,18?/m1/s1. The lowest BCUT2D eigenvalue weighted by atomic mass is 9.84. The molecule has 11 heteroatoms. The van der Waals surface area contributed by atoms with Crippen LogP contribution in [0.5, 0.6) is 0 Å². The van der Waals surface area contributed by atoms with E-state index in [9.17, 15) is 18.0 Å². The van der Waals surface area contributed by atoms with E-state index in [0.29, 0.717) is 32.1 Å². The molecule has 4 unspecified atom stereocenters. The van der Waals surface area contributed by atoms with Crippen molar-refractivity contribution in [3.05, 3.63) is 0 Å². The number of sulfonamides is 1. The number of ether oxygens (including phenoxy) is 1. The van der Waals surface area contributed by atoms with Crippen LogP contribution in [0.1, 0.15) is 64.7 Å². The zero-order chi connectivity index (χ0) is 23.7. The van der Waals surface area contributed by atoms with Crippen molar-refractivity contribution in [2.75, 3.05) is 6.61 Å². The smallest absolute Gasteiger partial charge is 0.308 e. The molecule has 2 rings (SSSR count). The lowest BCUT2D eigenvalue weighted by molar-refractivity contribution is -0.143. The Morgan fingerprint density at radius 3 is 2.56 bits per heavy atom. The topological polar surface area (TPSA) is 166 Å². The van der Waals surface area contributed by atoms with E-state index in [1.807, 2.05) is 0 Å². The molecule has 1 amide bonds. The predicted octanol–water partition coefficient (Wildman–Crippen LogP) is 0.120. The van der Waals surface area contributed by atoms with Gasteiger partial charge in [-0.05, 0) is 45.4 Å². The van der Waals surface area contributed by atoms with Gasteiger partial charge < -0.3 is 21.5 Å². The van der Waals surface area contributed by atoms with E-state index in [2.05, 4.69) is 21.0 Å². The van der Waals surface area contributed by atoms with Gasteiger partial charge in [0.1, 0.15) is 0 Å². The highest BCUT2D eigenvalue weighted by Crippen LogP contribution is 2.28. The molecule has 0 spiro atoms. The van der Waals surface area contributed by atoms with Crippen LogP contribution < -0.4 is 21.5 Å². The number of aliphatic imine (C=N–C) groups is 1. The number of esters is 1. The SMILES string of the molecule is C#C[C@H](CC(=O)OCC)NS(=O)(=O)C1CCCC(NC(=O)C2CCCC(N=C(N)N)C2)C1. The summed E-state index contributed by atoms with van der Waals surface area (Å²) in [6, 6.07) is -1.27. The van der Waals surface area contributed by atoms with Gasteiger partial charge in [-0.3, -0.25) is 14.6 Å². The molecule has 32 heavy (non-hydrogen) atoms. The number of terminal acetylenes is 1. The van der Waals surface area contributed by atoms with E-state index in [4.69, 9.17) is 22.6 Å². The minimum atomic E-state index is -3.77. The molecule has 2 aliphatic carbocycles. The zero-order valence-corrected chi connectivity index (χ0v) is 19.4. The van der Waals surface area contributed by atoms with Crippen LogP contribution in [-0.4, -0.2) is 56.2 Å². The molecule has 5 atom stereocenters. The van der Waals surface area contributed by atoms with Crippen molar-refractivity contribution < 1.29 is 22.7 Å². The van der Waals surface area contributed by atoms with Crippen molar-refractivity contribution in [3.63, 3.8) is 0 Å². The van der Waals surface area contributed by atoms with Gasteiger partial charge in [0, 0.05) is 12.0 Å². The molecule has 2 aliphatic rings. The number of carbonyl (C=O) groups excluding carboxylic acids is 2. The summed E-state index contributed by atoms with van der Waals surface area (Å²) in [4.78, 5) is 28.6. The van der Waals surface area contributed by atoms with E-state index < -0.39 is 27.3 Å². The summed E-state index contributed by atoms with van der Waals surface area (Å²) in [5.74, 6) is 1.49. The Kier molecular flexibility index (Phi) is 9.78. The Morgan fingerprint density at radius 2 is 1.91 bits per heavy atom. The van der Waals surface area contributed by atoms with Crippen LogP contribution in [0.2, 0.25) is 0 Å². The van der Waals surface area contributed by atoms with Crippen molar-refractivity contribution in [1.29, 1.82) is 0 Å². The Hall–Kier alpha value is -2.32. The fraction of sp³-hybridized carbons (Fsp3) is 0.762. The predicted molar refractivity (Wildman–Crippen MR) is 122 cm³/mol. The Balaban J connectivity index is 1.93. The molecule has 0 bridgehead atoms. The first-order valence-electron chi connectivity index (χ1n) is 11.2. The summed E-state index contributed by atoms with van der Waals surface area (Å²) in [5.41, 5.74) is 10.9. The van der Waals surface area contributed by atoms with Gasteiger partial charge in [-0.25, -0.2) is 8.42 Å². The highest BCUT2D eigenvalue weighted by molar-refractivity contribution is 7.90. The minimum absolute atomic E-state index is 0.0251. The summed E-state index contributed by atoms with van der Waals surface area (Å²) >= 11 is 0. The van der Waals surface area contributed by atoms with Crippen LogP contribution in [0.4, 0.5) is 0 Å². The molecule has 0 radical (unpaired) electrons. The molecule has 0 heterocycles. The quantitative estimate of drug-likeness (QED) is 0.161. The summed E-state index contributed by atoms with van der Waals surface area (Å²) in [6.07, 6.45) is 10.4. The van der Waals surface area contributed by atoms with Crippen LogP contribution in [0.15, 0.2) is 4.99 Å². The van der Waals surface area contributed by atoms with Gasteiger partial charge in [0.15, 0.2) is 5.96 Å². The van der Waals surface area contributed by atoms with Crippen LogP contribution in [0, 0.1) is 18.3 Å². The Morgan fingerprint density at radius 1 is 1.19 bits per heavy atom. The van der Waals surface area contributed by atoms with Crippen LogP contribution in [-0.2, 0) is 24.3 Å². The van der Waals surface area contributed by atoms with Gasteiger partial charge in [-0.2, -0.15) is 4.72 Å². The summed E-state index contributed by atoms with van der Waals surface area (Å²) in [7, 11) is -3.77. The largest absolute Gasteiger partial charge is 0.466 e. The van der Waals surface area contributed by atoms with Gasteiger partial charge >= 0.3 is 5.97 Å². The first-order valence-corrected chi connectivity index (χ1v) is 12.7. The van der Waals surface area contributed by atoms with Gasteiger partial charge in [-0.15, -0.1) is 6.42 Å². The monoisotopic (exact) mass is 469 g/mol. The zero-order valence-electron chi connectivity index (χ0n) is 18.6. The fourth-order valence-electron chi connectivity index (χ4n) is 4.42. The number of hydrogen-bond acceptors (Lipinski definition) is 6. The first-order chi connectivity index (χ1) is 15.1. The van der Waals surface area contributed by atoms with Crippen LogP contribution in [0.3, 0.4) is 0 Å². The average molecular weight is 470 g/mol. The second-order valence-electron chi connectivity index (χ2n) is 8.46. The first kappa shape index (κ1) is 25.9. The molecular formula is C21H35N5O5S. The fourth-order valence-corrected chi connectivity index (χ4v) is 6.13. The highest BCUT2D eigenvalue weighted by Gasteiger charge is 2.35. The molecule has 10 nitrogen and oxygen atoms in total. The molecule has 0 aromatic carbocycles. The van der Waals surface area contributed by atoms with Gasteiger partial charge in [0.05, 0.1) is 30.4 Å². The van der Waals surface area contributed by atoms with Gasteiger partial charge in [-0.1, -0.05) is 18.8 Å². The van der Waals surface area contributed by atoms with Crippen molar-refractivity contribution in [1.82, 2.24) is 10.0 Å². The number of amides is 1. The van der Waals surface area contributed by atoms with Crippen molar-refractivity contribution in [3.8, 4) is 12.3 Å². The number of guanidine groups is 1. The van der Waals surface area contributed by atoms with E-state index >= 15 is 0 Å². The highest BCUT2D eigenvalue weighted by atomic mass is 32.2.